The first-order valence-corrected chi connectivity index (χ1v) is 10.1. The first-order chi connectivity index (χ1) is 12.5. The lowest BCUT2D eigenvalue weighted by molar-refractivity contribution is -0.137. The van der Waals surface area contributed by atoms with E-state index in [1.54, 1.807) is 33.0 Å². The van der Waals surface area contributed by atoms with Gasteiger partial charge in [0.1, 0.15) is 0 Å². The minimum atomic E-state index is -4.35. The van der Waals surface area contributed by atoms with Crippen LogP contribution in [-0.2, 0) is 22.7 Å². The van der Waals surface area contributed by atoms with Crippen LogP contribution in [0.25, 0.3) is 0 Å². The van der Waals surface area contributed by atoms with Gasteiger partial charge in [-0.05, 0) is 31.0 Å². The molecule has 0 unspecified atom stereocenters. The summed E-state index contributed by atoms with van der Waals surface area (Å²) in [7, 11) is 1.74. The minimum Gasteiger partial charge on any atom is -0.356 e. The van der Waals surface area contributed by atoms with Crippen molar-refractivity contribution in [2.24, 2.45) is 4.99 Å². The van der Waals surface area contributed by atoms with Crippen molar-refractivity contribution < 1.29 is 21.6 Å². The number of halogens is 3. The lowest BCUT2D eigenvalue weighted by Gasteiger charge is -2.23. The van der Waals surface area contributed by atoms with Crippen LogP contribution in [0.5, 0.6) is 0 Å². The molecule has 0 aromatic heterocycles. The number of benzene rings is 1. The van der Waals surface area contributed by atoms with Crippen LogP contribution < -0.4 is 5.32 Å². The molecular weight excluding hydrogens is 381 g/mol. The Kier molecular flexibility index (Phi) is 8.55. The lowest BCUT2D eigenvalue weighted by Crippen LogP contribution is -2.40. The smallest absolute Gasteiger partial charge is 0.356 e. The maximum absolute atomic E-state index is 12.6. The fraction of sp³-hybridized carbons (Fsp3) is 0.588. The molecule has 0 bridgehead atoms. The highest BCUT2D eigenvalue weighted by molar-refractivity contribution is 7.89. The third-order valence-corrected chi connectivity index (χ3v) is 5.91. The molecule has 0 saturated carbocycles. The zero-order valence-electron chi connectivity index (χ0n) is 16.0. The topological polar surface area (TPSA) is 65.0 Å². The molecule has 0 aliphatic heterocycles. The standard InChI is InChI=1S/C17H27F3N4O2S/c1-5-27(25,26)24(4)12-6-11-22-16(21-2)23(3)13-14-7-9-15(10-8-14)17(18,19)20/h7-10H,5-6,11-13H2,1-4H3,(H,21,22). The van der Waals surface area contributed by atoms with Gasteiger partial charge in [-0.3, -0.25) is 4.99 Å². The maximum Gasteiger partial charge on any atom is 0.416 e. The summed E-state index contributed by atoms with van der Waals surface area (Å²) in [4.78, 5) is 5.93. The molecule has 0 saturated heterocycles. The van der Waals surface area contributed by atoms with Crippen molar-refractivity contribution in [1.29, 1.82) is 0 Å². The van der Waals surface area contributed by atoms with E-state index in [2.05, 4.69) is 10.3 Å². The van der Waals surface area contributed by atoms with Crippen molar-refractivity contribution in [3.8, 4) is 0 Å². The van der Waals surface area contributed by atoms with Gasteiger partial charge in [0.2, 0.25) is 10.0 Å². The zero-order chi connectivity index (χ0) is 20.7. The van der Waals surface area contributed by atoms with Gasteiger partial charge in [0.05, 0.1) is 11.3 Å². The molecule has 1 rings (SSSR count). The molecule has 0 spiro atoms. The van der Waals surface area contributed by atoms with Gasteiger partial charge in [-0.1, -0.05) is 12.1 Å². The Bertz CT molecular complexity index is 719. The van der Waals surface area contributed by atoms with Gasteiger partial charge in [-0.15, -0.1) is 0 Å². The molecule has 27 heavy (non-hydrogen) atoms. The second-order valence-electron chi connectivity index (χ2n) is 6.10. The molecule has 0 aliphatic rings. The van der Waals surface area contributed by atoms with E-state index in [1.165, 1.54) is 16.4 Å². The molecule has 1 aromatic rings. The number of alkyl halides is 3. The van der Waals surface area contributed by atoms with Crippen LogP contribution in [0.2, 0.25) is 0 Å². The number of nitrogens with one attached hydrogen (secondary N) is 1. The van der Waals surface area contributed by atoms with Crippen LogP contribution in [0.1, 0.15) is 24.5 Å². The fourth-order valence-electron chi connectivity index (χ4n) is 2.39. The second kappa shape index (κ2) is 9.93. The number of hydrogen-bond donors (Lipinski definition) is 1. The number of guanidine groups is 1. The Morgan fingerprint density at radius 1 is 1.19 bits per heavy atom. The molecular formula is C17H27F3N4O2S. The van der Waals surface area contributed by atoms with Crippen molar-refractivity contribution in [2.45, 2.75) is 26.1 Å². The van der Waals surface area contributed by atoms with E-state index >= 15 is 0 Å². The molecule has 0 atom stereocenters. The van der Waals surface area contributed by atoms with E-state index in [0.717, 1.165) is 17.7 Å². The Labute approximate surface area is 159 Å². The highest BCUT2D eigenvalue weighted by Gasteiger charge is 2.29. The molecule has 1 N–H and O–H groups in total. The van der Waals surface area contributed by atoms with Gasteiger partial charge >= 0.3 is 6.18 Å². The van der Waals surface area contributed by atoms with Crippen LogP contribution in [0.15, 0.2) is 29.3 Å². The summed E-state index contributed by atoms with van der Waals surface area (Å²) in [6.45, 7) is 2.90. The van der Waals surface area contributed by atoms with E-state index in [4.69, 9.17) is 0 Å². The Morgan fingerprint density at radius 2 is 1.78 bits per heavy atom. The molecule has 0 aliphatic carbocycles. The van der Waals surface area contributed by atoms with E-state index < -0.39 is 21.8 Å². The number of rotatable bonds is 8. The highest BCUT2D eigenvalue weighted by atomic mass is 32.2. The number of sulfonamides is 1. The van der Waals surface area contributed by atoms with Gasteiger partial charge in [0.25, 0.3) is 0 Å². The van der Waals surface area contributed by atoms with Crippen LogP contribution in [-0.4, -0.2) is 63.6 Å². The monoisotopic (exact) mass is 408 g/mol. The van der Waals surface area contributed by atoms with Crippen LogP contribution in [0.4, 0.5) is 13.2 Å². The minimum absolute atomic E-state index is 0.0640. The van der Waals surface area contributed by atoms with Crippen LogP contribution in [0, 0.1) is 0 Å². The summed E-state index contributed by atoms with van der Waals surface area (Å²) in [6, 6.07) is 5.00. The molecule has 10 heteroatoms. The number of aliphatic imine (C=N–C) groups is 1. The zero-order valence-corrected chi connectivity index (χ0v) is 16.9. The molecule has 0 radical (unpaired) electrons. The SMILES string of the molecule is CCS(=O)(=O)N(C)CCCNC(=NC)N(C)Cc1ccc(C(F)(F)F)cc1. The second-order valence-corrected chi connectivity index (χ2v) is 8.46. The van der Waals surface area contributed by atoms with Crippen molar-refractivity contribution in [2.75, 3.05) is 40.0 Å². The predicted molar refractivity (Wildman–Crippen MR) is 101 cm³/mol. The van der Waals surface area contributed by atoms with Gasteiger partial charge in [0.15, 0.2) is 5.96 Å². The number of nitrogens with zero attached hydrogens (tertiary/aromatic N) is 3. The van der Waals surface area contributed by atoms with Crippen LogP contribution >= 0.6 is 0 Å². The Balaban J connectivity index is 2.52. The molecule has 6 nitrogen and oxygen atoms in total. The van der Waals surface area contributed by atoms with Crippen LogP contribution in [0.3, 0.4) is 0 Å². The van der Waals surface area contributed by atoms with Gasteiger partial charge < -0.3 is 10.2 Å². The first-order valence-electron chi connectivity index (χ1n) is 8.53. The van der Waals surface area contributed by atoms with E-state index in [0.29, 0.717) is 32.0 Å². The highest BCUT2D eigenvalue weighted by Crippen LogP contribution is 2.29. The average Bonchev–Trinajstić information content (AvgIpc) is 2.61. The molecule has 0 amide bonds. The summed E-state index contributed by atoms with van der Waals surface area (Å²) in [5.41, 5.74) is 0.0461. The molecule has 0 fully saturated rings. The van der Waals surface area contributed by atoms with Crippen molar-refractivity contribution in [1.82, 2.24) is 14.5 Å². The van der Waals surface area contributed by atoms with Gasteiger partial charge in [-0.25, -0.2) is 12.7 Å². The average molecular weight is 408 g/mol. The maximum atomic E-state index is 12.6. The summed E-state index contributed by atoms with van der Waals surface area (Å²) in [6.07, 6.45) is -3.75. The lowest BCUT2D eigenvalue weighted by atomic mass is 10.1. The molecule has 1 aromatic carbocycles. The van der Waals surface area contributed by atoms with E-state index in [9.17, 15) is 21.6 Å². The quantitative estimate of drug-likeness (QED) is 0.408. The predicted octanol–water partition coefficient (Wildman–Crippen LogP) is 2.38. The Morgan fingerprint density at radius 3 is 2.26 bits per heavy atom. The third-order valence-electron chi connectivity index (χ3n) is 4.05. The largest absolute Gasteiger partial charge is 0.416 e. The molecule has 0 heterocycles. The van der Waals surface area contributed by atoms with Crippen molar-refractivity contribution >= 4 is 16.0 Å². The number of hydrogen-bond acceptors (Lipinski definition) is 3. The fourth-order valence-corrected chi connectivity index (χ4v) is 3.24. The van der Waals surface area contributed by atoms with E-state index in [-0.39, 0.29) is 5.75 Å². The Hall–Kier alpha value is -1.81. The van der Waals surface area contributed by atoms with Crippen molar-refractivity contribution in [3.05, 3.63) is 35.4 Å². The van der Waals surface area contributed by atoms with E-state index in [1.807, 2.05) is 0 Å². The third kappa shape index (κ3) is 7.37. The summed E-state index contributed by atoms with van der Waals surface area (Å²) in [5, 5.41) is 3.12. The van der Waals surface area contributed by atoms with Gasteiger partial charge in [0, 0.05) is 40.8 Å². The summed E-state index contributed by atoms with van der Waals surface area (Å²) < 4.78 is 62.5. The normalized spacial score (nSPS) is 13.1. The van der Waals surface area contributed by atoms with Gasteiger partial charge in [-0.2, -0.15) is 13.2 Å². The first kappa shape index (κ1) is 23.2. The summed E-state index contributed by atoms with van der Waals surface area (Å²) >= 11 is 0. The summed E-state index contributed by atoms with van der Waals surface area (Å²) in [5.74, 6) is 0.643. The van der Waals surface area contributed by atoms with Crippen molar-refractivity contribution in [3.63, 3.8) is 0 Å². The molecule has 154 valence electrons.